The molecule has 9 heteroatoms. The van der Waals surface area contributed by atoms with Crippen molar-refractivity contribution in [1.29, 1.82) is 0 Å². The van der Waals surface area contributed by atoms with Crippen LogP contribution in [0.4, 0.5) is 0 Å². The molecule has 1 aliphatic heterocycles. The first-order chi connectivity index (χ1) is 11.5. The molecule has 8 nitrogen and oxygen atoms in total. The Labute approximate surface area is 165 Å². The molecule has 1 unspecified atom stereocenters. The van der Waals surface area contributed by atoms with Gasteiger partial charge in [0, 0.05) is 46.0 Å². The Morgan fingerprint density at radius 1 is 1.60 bits per heavy atom. The Morgan fingerprint density at radius 3 is 2.96 bits per heavy atom. The second-order valence-corrected chi connectivity index (χ2v) is 5.85. The van der Waals surface area contributed by atoms with E-state index in [1.165, 1.54) is 4.90 Å². The van der Waals surface area contributed by atoms with Crippen molar-refractivity contribution in [3.05, 3.63) is 30.6 Å². The van der Waals surface area contributed by atoms with Gasteiger partial charge in [-0.3, -0.25) is 9.48 Å². The summed E-state index contributed by atoms with van der Waals surface area (Å²) >= 11 is 0. The molecule has 1 fully saturated rings. The van der Waals surface area contributed by atoms with E-state index in [1.54, 1.807) is 24.9 Å². The minimum atomic E-state index is -0.0623. The van der Waals surface area contributed by atoms with E-state index >= 15 is 0 Å². The predicted octanol–water partition coefficient (Wildman–Crippen LogP) is 0.631. The number of rotatable bonds is 5. The van der Waals surface area contributed by atoms with Crippen LogP contribution in [0.25, 0.3) is 0 Å². The zero-order valence-electron chi connectivity index (χ0n) is 15.0. The number of hydrogen-bond donors (Lipinski definition) is 1. The maximum absolute atomic E-state index is 11.8. The van der Waals surface area contributed by atoms with E-state index in [0.29, 0.717) is 25.7 Å². The highest BCUT2D eigenvalue weighted by Gasteiger charge is 2.25. The lowest BCUT2D eigenvalue weighted by molar-refractivity contribution is -0.127. The van der Waals surface area contributed by atoms with Crippen molar-refractivity contribution in [3.63, 3.8) is 0 Å². The van der Waals surface area contributed by atoms with Crippen molar-refractivity contribution < 1.29 is 9.53 Å². The predicted molar refractivity (Wildman–Crippen MR) is 108 cm³/mol. The van der Waals surface area contributed by atoms with Gasteiger partial charge in [0.2, 0.25) is 5.91 Å². The van der Waals surface area contributed by atoms with E-state index in [0.717, 1.165) is 12.1 Å². The third-order valence-electron chi connectivity index (χ3n) is 3.73. The molecule has 140 valence electrons. The Morgan fingerprint density at radius 2 is 2.36 bits per heavy atom. The first kappa shape index (κ1) is 21.4. The molecule has 2 rings (SSSR count). The number of ether oxygens (including phenoxy) is 1. The SMILES string of the molecule is C=CCNC(=NCC(=O)N(C)C)N1CCOC(c2cnn(C)c2)C1.I. The lowest BCUT2D eigenvalue weighted by atomic mass is 10.1. The number of likely N-dealkylation sites (N-methyl/N-ethyl adjacent to an activating group) is 1. The van der Waals surface area contributed by atoms with Crippen LogP contribution in [0.2, 0.25) is 0 Å². The first-order valence-electron chi connectivity index (χ1n) is 7.95. The van der Waals surface area contributed by atoms with Crippen molar-refractivity contribution >= 4 is 35.8 Å². The van der Waals surface area contributed by atoms with E-state index < -0.39 is 0 Å². The van der Waals surface area contributed by atoms with Gasteiger partial charge >= 0.3 is 0 Å². The molecule has 1 aliphatic rings. The number of aliphatic imine (C=N–C) groups is 1. The topological polar surface area (TPSA) is 75.0 Å². The monoisotopic (exact) mass is 462 g/mol. The van der Waals surface area contributed by atoms with Gasteiger partial charge in [0.1, 0.15) is 12.6 Å². The Hall–Kier alpha value is -1.62. The molecule has 1 aromatic rings. The maximum atomic E-state index is 11.8. The third-order valence-corrected chi connectivity index (χ3v) is 3.73. The third kappa shape index (κ3) is 6.31. The molecular formula is C16H27IN6O2. The van der Waals surface area contributed by atoms with Gasteiger partial charge in [-0.1, -0.05) is 6.08 Å². The van der Waals surface area contributed by atoms with Crippen LogP contribution in [0.5, 0.6) is 0 Å². The van der Waals surface area contributed by atoms with Gasteiger partial charge in [0.25, 0.3) is 0 Å². The molecular weight excluding hydrogens is 435 g/mol. The number of hydrogen-bond acceptors (Lipinski definition) is 4. The zero-order chi connectivity index (χ0) is 17.5. The summed E-state index contributed by atoms with van der Waals surface area (Å²) in [5.74, 6) is 0.660. The van der Waals surface area contributed by atoms with Crippen molar-refractivity contribution in [1.82, 2.24) is 24.9 Å². The largest absolute Gasteiger partial charge is 0.370 e. The van der Waals surface area contributed by atoms with E-state index in [4.69, 9.17) is 4.74 Å². The van der Waals surface area contributed by atoms with E-state index in [9.17, 15) is 4.79 Å². The Balaban J connectivity index is 0.00000312. The number of nitrogens with one attached hydrogen (secondary N) is 1. The first-order valence-corrected chi connectivity index (χ1v) is 7.95. The van der Waals surface area contributed by atoms with Crippen LogP contribution in [0.15, 0.2) is 30.0 Å². The van der Waals surface area contributed by atoms with Gasteiger partial charge in [-0.05, 0) is 0 Å². The van der Waals surface area contributed by atoms with Crippen LogP contribution in [-0.4, -0.2) is 78.3 Å². The standard InChI is InChI=1S/C16H26N6O2.HI/c1-5-6-17-16(18-10-15(23)20(2)3)22-7-8-24-14(12-22)13-9-19-21(4)11-13;/h5,9,11,14H,1,6-8,10,12H2,2-4H3,(H,17,18);1H. The van der Waals surface area contributed by atoms with Crippen molar-refractivity contribution in [2.75, 3.05) is 46.9 Å². The summed E-state index contributed by atoms with van der Waals surface area (Å²) in [6, 6.07) is 0. The van der Waals surface area contributed by atoms with Gasteiger partial charge in [-0.2, -0.15) is 5.10 Å². The van der Waals surface area contributed by atoms with Gasteiger partial charge in [0.05, 0.1) is 19.3 Å². The van der Waals surface area contributed by atoms with Crippen LogP contribution >= 0.6 is 24.0 Å². The number of aromatic nitrogens is 2. The van der Waals surface area contributed by atoms with Gasteiger partial charge in [-0.15, -0.1) is 30.6 Å². The minimum Gasteiger partial charge on any atom is -0.370 e. The number of guanidine groups is 1. The minimum absolute atomic E-state index is 0. The number of carbonyl (C=O) groups excluding carboxylic acids is 1. The van der Waals surface area contributed by atoms with Gasteiger partial charge in [-0.25, -0.2) is 4.99 Å². The molecule has 2 heterocycles. The average Bonchev–Trinajstić information content (AvgIpc) is 3.01. The van der Waals surface area contributed by atoms with Crippen LogP contribution in [0.1, 0.15) is 11.7 Å². The molecule has 1 saturated heterocycles. The molecule has 1 atom stereocenters. The molecule has 1 aromatic heterocycles. The molecule has 1 amide bonds. The number of nitrogens with zero attached hydrogens (tertiary/aromatic N) is 5. The summed E-state index contributed by atoms with van der Waals surface area (Å²) in [4.78, 5) is 19.9. The normalized spacial score (nSPS) is 17.6. The summed E-state index contributed by atoms with van der Waals surface area (Å²) < 4.78 is 7.62. The van der Waals surface area contributed by atoms with Crippen molar-refractivity contribution in [2.45, 2.75) is 6.10 Å². The molecule has 0 radical (unpaired) electrons. The summed E-state index contributed by atoms with van der Waals surface area (Å²) in [6.07, 6.45) is 5.48. The second-order valence-electron chi connectivity index (χ2n) is 5.85. The molecule has 0 aliphatic carbocycles. The number of morpholine rings is 1. The highest BCUT2D eigenvalue weighted by Crippen LogP contribution is 2.21. The Kier molecular flexibility index (Phi) is 8.90. The molecule has 1 N–H and O–H groups in total. The molecule has 0 spiro atoms. The van der Waals surface area contributed by atoms with E-state index in [1.807, 2.05) is 19.4 Å². The smallest absolute Gasteiger partial charge is 0.243 e. The number of halogens is 1. The van der Waals surface area contributed by atoms with E-state index in [2.05, 4.69) is 26.9 Å². The summed E-state index contributed by atoms with van der Waals surface area (Å²) in [7, 11) is 5.33. The highest BCUT2D eigenvalue weighted by atomic mass is 127. The lowest BCUT2D eigenvalue weighted by Crippen LogP contribution is -2.48. The fraction of sp³-hybridized carbons (Fsp3) is 0.562. The van der Waals surface area contributed by atoms with Crippen molar-refractivity contribution in [2.24, 2.45) is 12.0 Å². The maximum Gasteiger partial charge on any atom is 0.243 e. The number of carbonyl (C=O) groups is 1. The van der Waals surface area contributed by atoms with Crippen LogP contribution in [0, 0.1) is 0 Å². The van der Waals surface area contributed by atoms with E-state index in [-0.39, 0.29) is 42.5 Å². The van der Waals surface area contributed by atoms with Crippen LogP contribution < -0.4 is 5.32 Å². The van der Waals surface area contributed by atoms with Gasteiger partial charge < -0.3 is 19.9 Å². The fourth-order valence-corrected chi connectivity index (χ4v) is 2.36. The number of amides is 1. The van der Waals surface area contributed by atoms with Crippen LogP contribution in [-0.2, 0) is 16.6 Å². The molecule has 0 bridgehead atoms. The average molecular weight is 462 g/mol. The summed E-state index contributed by atoms with van der Waals surface area (Å²) in [5, 5.41) is 7.42. The molecule has 0 saturated carbocycles. The molecule has 25 heavy (non-hydrogen) atoms. The van der Waals surface area contributed by atoms with Crippen LogP contribution in [0.3, 0.4) is 0 Å². The quantitative estimate of drug-likeness (QED) is 0.301. The second kappa shape index (κ2) is 10.4. The summed E-state index contributed by atoms with van der Waals surface area (Å²) in [5.41, 5.74) is 1.04. The summed E-state index contributed by atoms with van der Waals surface area (Å²) in [6.45, 7) is 6.39. The van der Waals surface area contributed by atoms with Gasteiger partial charge in [0.15, 0.2) is 5.96 Å². The zero-order valence-corrected chi connectivity index (χ0v) is 17.3. The number of aryl methyl sites for hydroxylation is 1. The lowest BCUT2D eigenvalue weighted by Gasteiger charge is -2.34. The highest BCUT2D eigenvalue weighted by molar-refractivity contribution is 14.0. The fourth-order valence-electron chi connectivity index (χ4n) is 2.36. The Bertz CT molecular complexity index is 601. The van der Waals surface area contributed by atoms with Crippen molar-refractivity contribution in [3.8, 4) is 0 Å². The molecule has 0 aromatic carbocycles.